The SMILES string of the molecule is COc1cc(Cl)ccc1-c1noc(CC(CN)OC)n1. The fraction of sp³-hybridized carbons (Fsp3) is 0.385. The van der Waals surface area contributed by atoms with Crippen molar-refractivity contribution in [3.8, 4) is 17.1 Å². The highest BCUT2D eigenvalue weighted by Gasteiger charge is 2.16. The van der Waals surface area contributed by atoms with Crippen molar-refractivity contribution >= 4 is 11.6 Å². The summed E-state index contributed by atoms with van der Waals surface area (Å²) in [4.78, 5) is 4.32. The lowest BCUT2D eigenvalue weighted by atomic mass is 10.2. The Kier molecular flexibility index (Phi) is 4.94. The standard InChI is InChI=1S/C13H16ClN3O3/c1-18-9(7-15)6-12-16-13(17-20-12)10-4-3-8(14)5-11(10)19-2/h3-5,9H,6-7,15H2,1-2H3. The minimum atomic E-state index is -0.143. The fourth-order valence-corrected chi connectivity index (χ4v) is 1.92. The van der Waals surface area contributed by atoms with E-state index in [1.165, 1.54) is 0 Å². The van der Waals surface area contributed by atoms with E-state index in [1.807, 2.05) is 0 Å². The molecule has 1 unspecified atom stereocenters. The maximum atomic E-state index is 5.92. The topological polar surface area (TPSA) is 83.4 Å². The lowest BCUT2D eigenvalue weighted by Gasteiger charge is -2.08. The number of nitrogens with two attached hydrogens (primary N) is 1. The van der Waals surface area contributed by atoms with Crippen LogP contribution < -0.4 is 10.5 Å². The molecule has 2 N–H and O–H groups in total. The molecule has 0 saturated carbocycles. The molecule has 1 aromatic carbocycles. The summed E-state index contributed by atoms with van der Waals surface area (Å²) in [7, 11) is 3.16. The Balaban J connectivity index is 2.24. The van der Waals surface area contributed by atoms with E-state index in [9.17, 15) is 0 Å². The van der Waals surface area contributed by atoms with E-state index >= 15 is 0 Å². The Labute approximate surface area is 121 Å². The van der Waals surface area contributed by atoms with Crippen LogP contribution in [0.2, 0.25) is 5.02 Å². The van der Waals surface area contributed by atoms with Crippen molar-refractivity contribution in [2.24, 2.45) is 5.73 Å². The van der Waals surface area contributed by atoms with Crippen molar-refractivity contribution in [3.63, 3.8) is 0 Å². The van der Waals surface area contributed by atoms with Gasteiger partial charge in [0, 0.05) is 18.7 Å². The molecule has 0 aliphatic heterocycles. The number of methoxy groups -OCH3 is 2. The second kappa shape index (κ2) is 6.69. The van der Waals surface area contributed by atoms with Gasteiger partial charge in [-0.3, -0.25) is 0 Å². The van der Waals surface area contributed by atoms with Gasteiger partial charge in [-0.25, -0.2) is 0 Å². The van der Waals surface area contributed by atoms with Gasteiger partial charge in [0.2, 0.25) is 11.7 Å². The monoisotopic (exact) mass is 297 g/mol. The van der Waals surface area contributed by atoms with Crippen LogP contribution in [0.25, 0.3) is 11.4 Å². The summed E-state index contributed by atoms with van der Waals surface area (Å²) in [5.74, 6) is 1.50. The minimum Gasteiger partial charge on any atom is -0.496 e. The number of rotatable bonds is 6. The van der Waals surface area contributed by atoms with E-state index in [4.69, 9.17) is 31.3 Å². The molecule has 0 amide bonds. The zero-order valence-electron chi connectivity index (χ0n) is 11.3. The second-order valence-corrected chi connectivity index (χ2v) is 4.59. The van der Waals surface area contributed by atoms with Crippen molar-refractivity contribution in [2.75, 3.05) is 20.8 Å². The number of aromatic nitrogens is 2. The Bertz CT molecular complexity index is 570. The normalized spacial score (nSPS) is 12.4. The van der Waals surface area contributed by atoms with Gasteiger partial charge in [0.1, 0.15) is 5.75 Å². The lowest BCUT2D eigenvalue weighted by Crippen LogP contribution is -2.24. The summed E-state index contributed by atoms with van der Waals surface area (Å²) < 4.78 is 15.6. The third-order valence-electron chi connectivity index (χ3n) is 2.87. The van der Waals surface area contributed by atoms with Crippen LogP contribution >= 0.6 is 11.6 Å². The molecule has 6 nitrogen and oxygen atoms in total. The molecule has 0 spiro atoms. The van der Waals surface area contributed by atoms with Gasteiger partial charge in [0.05, 0.1) is 25.2 Å². The van der Waals surface area contributed by atoms with Crippen LogP contribution in [0.15, 0.2) is 22.7 Å². The highest BCUT2D eigenvalue weighted by molar-refractivity contribution is 6.30. The van der Waals surface area contributed by atoms with Gasteiger partial charge in [0.25, 0.3) is 0 Å². The predicted molar refractivity (Wildman–Crippen MR) is 74.9 cm³/mol. The van der Waals surface area contributed by atoms with E-state index in [1.54, 1.807) is 32.4 Å². The van der Waals surface area contributed by atoms with E-state index < -0.39 is 0 Å². The molecule has 108 valence electrons. The molecule has 1 aromatic heterocycles. The lowest BCUT2D eigenvalue weighted by molar-refractivity contribution is 0.102. The smallest absolute Gasteiger partial charge is 0.229 e. The minimum absolute atomic E-state index is 0.143. The average Bonchev–Trinajstić information content (AvgIpc) is 2.92. The van der Waals surface area contributed by atoms with Crippen LogP contribution in [0, 0.1) is 0 Å². The highest BCUT2D eigenvalue weighted by atomic mass is 35.5. The van der Waals surface area contributed by atoms with Crippen LogP contribution in [0.5, 0.6) is 5.75 Å². The third-order valence-corrected chi connectivity index (χ3v) is 3.11. The number of hydrogen-bond donors (Lipinski definition) is 1. The molecule has 1 atom stereocenters. The molecule has 7 heteroatoms. The molecule has 0 bridgehead atoms. The van der Waals surface area contributed by atoms with E-state index in [-0.39, 0.29) is 6.10 Å². The van der Waals surface area contributed by atoms with E-state index in [0.29, 0.717) is 41.0 Å². The zero-order chi connectivity index (χ0) is 14.5. The van der Waals surface area contributed by atoms with Gasteiger partial charge >= 0.3 is 0 Å². The van der Waals surface area contributed by atoms with Crippen molar-refractivity contribution < 1.29 is 14.0 Å². The quantitative estimate of drug-likeness (QED) is 0.877. The average molecular weight is 298 g/mol. The number of hydrogen-bond acceptors (Lipinski definition) is 6. The van der Waals surface area contributed by atoms with Crippen molar-refractivity contribution in [3.05, 3.63) is 29.1 Å². The Morgan fingerprint density at radius 3 is 2.85 bits per heavy atom. The molecule has 2 aromatic rings. The Hall–Kier alpha value is -1.63. The van der Waals surface area contributed by atoms with Crippen LogP contribution in [-0.2, 0) is 11.2 Å². The molecule has 2 rings (SSSR count). The molecule has 0 fully saturated rings. The molecular weight excluding hydrogens is 282 g/mol. The third kappa shape index (κ3) is 3.27. The first kappa shape index (κ1) is 14.8. The van der Waals surface area contributed by atoms with E-state index in [2.05, 4.69) is 10.1 Å². The van der Waals surface area contributed by atoms with Crippen LogP contribution in [0.1, 0.15) is 5.89 Å². The fourth-order valence-electron chi connectivity index (χ4n) is 1.75. The van der Waals surface area contributed by atoms with E-state index in [0.717, 1.165) is 0 Å². The maximum Gasteiger partial charge on any atom is 0.229 e. The number of ether oxygens (including phenoxy) is 2. The summed E-state index contributed by atoms with van der Waals surface area (Å²) >= 11 is 5.92. The molecule has 0 radical (unpaired) electrons. The highest BCUT2D eigenvalue weighted by Crippen LogP contribution is 2.30. The predicted octanol–water partition coefficient (Wildman–Crippen LogP) is 1.91. The Morgan fingerprint density at radius 2 is 2.20 bits per heavy atom. The summed E-state index contributed by atoms with van der Waals surface area (Å²) in [6.07, 6.45) is 0.325. The number of nitrogens with zero attached hydrogens (tertiary/aromatic N) is 2. The van der Waals surface area contributed by atoms with Crippen molar-refractivity contribution in [1.82, 2.24) is 10.1 Å². The molecule has 1 heterocycles. The summed E-state index contributed by atoms with van der Waals surface area (Å²) in [5, 5.41) is 4.52. The molecule has 0 aliphatic carbocycles. The van der Waals surface area contributed by atoms with Crippen LogP contribution in [0.4, 0.5) is 0 Å². The first-order valence-electron chi connectivity index (χ1n) is 6.07. The Morgan fingerprint density at radius 1 is 1.40 bits per heavy atom. The first-order valence-corrected chi connectivity index (χ1v) is 6.45. The van der Waals surface area contributed by atoms with Gasteiger partial charge in [-0.05, 0) is 18.2 Å². The second-order valence-electron chi connectivity index (χ2n) is 4.15. The van der Waals surface area contributed by atoms with Gasteiger partial charge in [-0.2, -0.15) is 4.98 Å². The molecule has 0 saturated heterocycles. The van der Waals surface area contributed by atoms with Crippen LogP contribution in [-0.4, -0.2) is 37.0 Å². The van der Waals surface area contributed by atoms with Crippen molar-refractivity contribution in [1.29, 1.82) is 0 Å². The summed E-state index contributed by atoms with van der Waals surface area (Å²) in [6.45, 7) is 0.387. The molecule has 20 heavy (non-hydrogen) atoms. The molecular formula is C13H16ClN3O3. The van der Waals surface area contributed by atoms with Gasteiger partial charge < -0.3 is 19.7 Å². The van der Waals surface area contributed by atoms with Gasteiger partial charge in [-0.1, -0.05) is 16.8 Å². The zero-order valence-corrected chi connectivity index (χ0v) is 12.1. The van der Waals surface area contributed by atoms with Gasteiger partial charge in [-0.15, -0.1) is 0 Å². The maximum absolute atomic E-state index is 5.92. The summed E-state index contributed by atoms with van der Waals surface area (Å²) in [6, 6.07) is 5.23. The van der Waals surface area contributed by atoms with Gasteiger partial charge in [0.15, 0.2) is 0 Å². The number of halogens is 1. The first-order chi connectivity index (χ1) is 9.67. The largest absolute Gasteiger partial charge is 0.496 e. The molecule has 0 aliphatic rings. The number of benzene rings is 1. The summed E-state index contributed by atoms with van der Waals surface area (Å²) in [5.41, 5.74) is 6.28. The van der Waals surface area contributed by atoms with Crippen LogP contribution in [0.3, 0.4) is 0 Å². The van der Waals surface area contributed by atoms with Crippen molar-refractivity contribution in [2.45, 2.75) is 12.5 Å².